The van der Waals surface area contributed by atoms with Gasteiger partial charge >= 0.3 is 0 Å². The van der Waals surface area contributed by atoms with Gasteiger partial charge < -0.3 is 0 Å². The Hall–Kier alpha value is -3.92. The minimum atomic E-state index is -0.469. The molecule has 3 aromatic rings. The SMILES string of the molecule is CC1(C)C2CC=C(C=Nn3c(-c4cccc([N+](=O)[O-])c4)csc3=Nc3ccccc3[N+](=O)[O-])C1C2. The van der Waals surface area contributed by atoms with Gasteiger partial charge in [-0.1, -0.05) is 44.2 Å². The summed E-state index contributed by atoms with van der Waals surface area (Å²) in [4.78, 5) is 26.9. The highest BCUT2D eigenvalue weighted by Gasteiger charge is 2.50. The van der Waals surface area contributed by atoms with Crippen molar-refractivity contribution in [3.63, 3.8) is 0 Å². The molecular formula is C25H23N5O4S. The highest BCUT2D eigenvalue weighted by molar-refractivity contribution is 7.07. The minimum absolute atomic E-state index is 0.0290. The molecule has 0 radical (unpaired) electrons. The molecule has 2 unspecified atom stereocenters. The zero-order chi connectivity index (χ0) is 24.7. The van der Waals surface area contributed by atoms with Gasteiger partial charge in [-0.25, -0.2) is 9.67 Å². The lowest BCUT2D eigenvalue weighted by Crippen LogP contribution is -2.48. The highest BCUT2D eigenvalue weighted by atomic mass is 32.1. The van der Waals surface area contributed by atoms with Gasteiger partial charge in [-0.2, -0.15) is 5.10 Å². The lowest BCUT2D eigenvalue weighted by molar-refractivity contribution is -0.384. The van der Waals surface area contributed by atoms with Gasteiger partial charge in [0.15, 0.2) is 0 Å². The second-order valence-corrected chi connectivity index (χ2v) is 10.2. The van der Waals surface area contributed by atoms with E-state index in [4.69, 9.17) is 5.10 Å². The van der Waals surface area contributed by atoms with Crippen LogP contribution in [0.15, 0.2) is 75.7 Å². The first-order valence-electron chi connectivity index (χ1n) is 11.2. The van der Waals surface area contributed by atoms with Crippen LogP contribution in [0.1, 0.15) is 26.7 Å². The average Bonchev–Trinajstić information content (AvgIpc) is 3.25. The molecule has 1 fully saturated rings. The van der Waals surface area contributed by atoms with Crippen LogP contribution >= 0.6 is 11.3 Å². The standard InChI is InChI=1S/C25H23N5O4S/c1-25(2)18-11-10-17(20(25)13-18)14-26-28-23(16-6-5-7-19(12-16)29(31)32)15-35-24(28)27-21-8-3-4-9-22(21)30(33)34/h3-10,12,14-15,18,20H,11,13H2,1-2H3. The number of hydrogen-bond acceptors (Lipinski definition) is 7. The number of benzene rings is 2. The molecule has 0 aliphatic heterocycles. The van der Waals surface area contributed by atoms with Gasteiger partial charge in [0, 0.05) is 29.1 Å². The first-order valence-corrected chi connectivity index (χ1v) is 12.1. The molecule has 10 heteroatoms. The monoisotopic (exact) mass is 489 g/mol. The van der Waals surface area contributed by atoms with Crippen LogP contribution in [0.2, 0.25) is 0 Å². The number of fused-ring (bicyclic) bond motifs is 1. The first-order chi connectivity index (χ1) is 16.8. The third-order valence-corrected chi connectivity index (χ3v) is 7.98. The molecule has 9 nitrogen and oxygen atoms in total. The molecule has 1 heterocycles. The van der Waals surface area contributed by atoms with Crippen LogP contribution < -0.4 is 4.80 Å². The summed E-state index contributed by atoms with van der Waals surface area (Å²) in [6.45, 7) is 4.57. The van der Waals surface area contributed by atoms with E-state index in [0.717, 1.165) is 18.4 Å². The summed E-state index contributed by atoms with van der Waals surface area (Å²) in [6, 6.07) is 12.6. The van der Waals surface area contributed by atoms with Crippen LogP contribution in [0.25, 0.3) is 11.3 Å². The van der Waals surface area contributed by atoms with Crippen molar-refractivity contribution in [3.8, 4) is 11.3 Å². The molecule has 35 heavy (non-hydrogen) atoms. The van der Waals surface area contributed by atoms with Gasteiger partial charge in [0.25, 0.3) is 11.4 Å². The lowest BCUT2D eigenvalue weighted by atomic mass is 9.49. The van der Waals surface area contributed by atoms with Crippen LogP contribution in [0.5, 0.6) is 0 Å². The van der Waals surface area contributed by atoms with Crippen molar-refractivity contribution in [1.82, 2.24) is 4.68 Å². The van der Waals surface area contributed by atoms with Gasteiger partial charge in [0.2, 0.25) is 4.80 Å². The number of nitrogens with zero attached hydrogens (tertiary/aromatic N) is 5. The number of rotatable bonds is 6. The van der Waals surface area contributed by atoms with E-state index in [0.29, 0.717) is 27.9 Å². The molecule has 6 rings (SSSR count). The molecule has 0 amide bonds. The fourth-order valence-electron chi connectivity index (χ4n) is 4.95. The summed E-state index contributed by atoms with van der Waals surface area (Å²) in [6.07, 6.45) is 6.23. The van der Waals surface area contributed by atoms with Crippen molar-refractivity contribution in [2.45, 2.75) is 26.7 Å². The summed E-state index contributed by atoms with van der Waals surface area (Å²) >= 11 is 1.27. The van der Waals surface area contributed by atoms with E-state index in [2.05, 4.69) is 24.9 Å². The first kappa shape index (κ1) is 22.9. The molecular weight excluding hydrogens is 466 g/mol. The Morgan fingerprint density at radius 3 is 2.63 bits per heavy atom. The molecule has 1 aromatic heterocycles. The Morgan fingerprint density at radius 1 is 1.11 bits per heavy atom. The van der Waals surface area contributed by atoms with Crippen molar-refractivity contribution >= 4 is 34.6 Å². The summed E-state index contributed by atoms with van der Waals surface area (Å²) < 4.78 is 1.61. The van der Waals surface area contributed by atoms with Crippen molar-refractivity contribution in [2.75, 3.05) is 0 Å². The Balaban J connectivity index is 1.64. The van der Waals surface area contributed by atoms with E-state index in [1.54, 1.807) is 35.0 Å². The molecule has 0 N–H and O–H groups in total. The molecule has 1 saturated carbocycles. The molecule has 2 atom stereocenters. The summed E-state index contributed by atoms with van der Waals surface area (Å²) in [5.74, 6) is 1.13. The maximum Gasteiger partial charge on any atom is 0.294 e. The lowest BCUT2D eigenvalue weighted by Gasteiger charge is -2.55. The van der Waals surface area contributed by atoms with Gasteiger partial charge in [-0.15, -0.1) is 11.3 Å². The van der Waals surface area contributed by atoms with Crippen LogP contribution in [0.4, 0.5) is 17.1 Å². The van der Waals surface area contributed by atoms with Gasteiger partial charge in [0.05, 0.1) is 21.8 Å². The number of thiazole rings is 1. The van der Waals surface area contributed by atoms with Crippen LogP contribution in [-0.4, -0.2) is 20.7 Å². The maximum atomic E-state index is 11.5. The molecule has 0 spiro atoms. The summed E-state index contributed by atoms with van der Waals surface area (Å²) in [7, 11) is 0. The third kappa shape index (κ3) is 4.10. The van der Waals surface area contributed by atoms with Crippen LogP contribution in [0, 0.1) is 37.5 Å². The molecule has 2 aromatic carbocycles. The van der Waals surface area contributed by atoms with Crippen LogP contribution in [0.3, 0.4) is 0 Å². The number of nitro groups is 2. The normalized spacial score (nSPS) is 21.0. The third-order valence-electron chi connectivity index (χ3n) is 7.17. The summed E-state index contributed by atoms with van der Waals surface area (Å²) in [5, 5.41) is 29.4. The minimum Gasteiger partial charge on any atom is -0.258 e. The number of non-ortho nitro benzene ring substituents is 1. The van der Waals surface area contributed by atoms with E-state index in [1.165, 1.54) is 29.5 Å². The van der Waals surface area contributed by atoms with Crippen LogP contribution in [-0.2, 0) is 0 Å². The predicted molar refractivity (Wildman–Crippen MR) is 135 cm³/mol. The Kier molecular flexibility index (Phi) is 5.68. The fraction of sp³-hybridized carbons (Fsp3) is 0.280. The Bertz CT molecular complexity index is 1470. The molecule has 3 aliphatic carbocycles. The van der Waals surface area contributed by atoms with E-state index < -0.39 is 9.85 Å². The smallest absolute Gasteiger partial charge is 0.258 e. The Morgan fingerprint density at radius 2 is 1.91 bits per heavy atom. The molecule has 178 valence electrons. The maximum absolute atomic E-state index is 11.5. The van der Waals surface area contributed by atoms with E-state index in [-0.39, 0.29) is 22.5 Å². The number of hydrogen-bond donors (Lipinski definition) is 0. The quantitative estimate of drug-likeness (QED) is 0.236. The predicted octanol–water partition coefficient (Wildman–Crippen LogP) is 6.09. The fourth-order valence-corrected chi connectivity index (χ4v) is 5.80. The van der Waals surface area contributed by atoms with Crippen molar-refractivity contribution < 1.29 is 9.85 Å². The largest absolute Gasteiger partial charge is 0.294 e. The zero-order valence-electron chi connectivity index (χ0n) is 19.2. The number of nitro benzene ring substituents is 2. The van der Waals surface area contributed by atoms with Crippen molar-refractivity contribution in [3.05, 3.63) is 90.6 Å². The Labute approximate surface area is 205 Å². The number of para-hydroxylation sites is 2. The topological polar surface area (TPSA) is 116 Å². The van der Waals surface area contributed by atoms with Crippen molar-refractivity contribution in [1.29, 1.82) is 0 Å². The van der Waals surface area contributed by atoms with Gasteiger partial charge in [-0.3, -0.25) is 20.2 Å². The number of aromatic nitrogens is 1. The zero-order valence-corrected chi connectivity index (χ0v) is 20.0. The molecule has 3 aliphatic rings. The van der Waals surface area contributed by atoms with E-state index in [1.807, 2.05) is 11.6 Å². The summed E-state index contributed by atoms with van der Waals surface area (Å²) in [5.41, 5.74) is 2.71. The van der Waals surface area contributed by atoms with E-state index >= 15 is 0 Å². The molecule has 2 bridgehead atoms. The molecule has 0 saturated heterocycles. The van der Waals surface area contributed by atoms with E-state index in [9.17, 15) is 20.2 Å². The highest BCUT2D eigenvalue weighted by Crippen LogP contribution is 2.58. The second-order valence-electron chi connectivity index (χ2n) is 9.37. The van der Waals surface area contributed by atoms with Gasteiger partial charge in [0.1, 0.15) is 5.69 Å². The van der Waals surface area contributed by atoms with Crippen molar-refractivity contribution in [2.24, 2.45) is 27.3 Å². The second kappa shape index (κ2) is 8.70. The average molecular weight is 490 g/mol. The number of allylic oxidation sites excluding steroid dienone is 2. The van der Waals surface area contributed by atoms with Gasteiger partial charge in [-0.05, 0) is 41.7 Å².